The molecular weight excluding hydrogens is 456 g/mol. The number of anilines is 1. The number of aromatic nitrogens is 3. The molecule has 1 fully saturated rings. The number of urea groups is 1. The largest absolute Gasteiger partial charge is 0.465 e. The van der Waals surface area contributed by atoms with Crippen molar-refractivity contribution in [3.05, 3.63) is 77.4 Å². The first-order chi connectivity index (χ1) is 17.5. The number of fused-ring (bicyclic) bond motifs is 2. The highest BCUT2D eigenvalue weighted by molar-refractivity contribution is 5.90. The highest BCUT2D eigenvalue weighted by atomic mass is 16.4. The number of aryl methyl sites for hydroxylation is 1. The number of hydrogen-bond acceptors (Lipinski definition) is 4. The summed E-state index contributed by atoms with van der Waals surface area (Å²) in [6.07, 6.45) is 7.72. The molecule has 1 saturated heterocycles. The lowest BCUT2D eigenvalue weighted by atomic mass is 9.91. The predicted molar refractivity (Wildman–Crippen MR) is 135 cm³/mol. The number of amides is 3. The Balaban J connectivity index is 1.40. The van der Waals surface area contributed by atoms with Crippen LogP contribution in [0.1, 0.15) is 41.1 Å². The van der Waals surface area contributed by atoms with Gasteiger partial charge in [-0.15, -0.1) is 0 Å². The SMILES string of the molecule is Cc1c[nH]c2ncc(-c3cc4c(c([C@@H]5CCCN5C(=O)O)c3)CN(C(=O)Nc3cccnc3)C4)cc12. The van der Waals surface area contributed by atoms with Crippen LogP contribution in [0, 0.1) is 6.92 Å². The number of hydrogen-bond donors (Lipinski definition) is 3. The van der Waals surface area contributed by atoms with Crippen molar-refractivity contribution in [2.24, 2.45) is 0 Å². The van der Waals surface area contributed by atoms with Gasteiger partial charge in [-0.1, -0.05) is 0 Å². The van der Waals surface area contributed by atoms with E-state index in [4.69, 9.17) is 0 Å². The third-order valence-electron chi connectivity index (χ3n) is 7.22. The summed E-state index contributed by atoms with van der Waals surface area (Å²) in [7, 11) is 0. The van der Waals surface area contributed by atoms with E-state index in [1.807, 2.05) is 19.3 Å². The molecule has 1 atom stereocenters. The van der Waals surface area contributed by atoms with Crippen LogP contribution in [0.5, 0.6) is 0 Å². The summed E-state index contributed by atoms with van der Waals surface area (Å²) in [5.41, 5.74) is 7.57. The summed E-state index contributed by atoms with van der Waals surface area (Å²) in [6.45, 7) is 3.43. The van der Waals surface area contributed by atoms with Gasteiger partial charge < -0.3 is 25.2 Å². The average Bonchev–Trinajstić information content (AvgIpc) is 3.62. The molecule has 36 heavy (non-hydrogen) atoms. The van der Waals surface area contributed by atoms with E-state index >= 15 is 0 Å². The average molecular weight is 483 g/mol. The molecule has 2 aliphatic rings. The molecule has 0 bridgehead atoms. The minimum atomic E-state index is -0.910. The number of benzene rings is 1. The molecule has 2 aliphatic heterocycles. The van der Waals surface area contributed by atoms with E-state index in [0.717, 1.165) is 57.3 Å². The fraction of sp³-hybridized carbons (Fsp3) is 0.259. The Hall–Kier alpha value is -4.40. The van der Waals surface area contributed by atoms with Gasteiger partial charge in [-0.25, -0.2) is 14.6 Å². The van der Waals surface area contributed by atoms with Gasteiger partial charge in [-0.3, -0.25) is 4.98 Å². The molecule has 182 valence electrons. The summed E-state index contributed by atoms with van der Waals surface area (Å²) >= 11 is 0. The first-order valence-corrected chi connectivity index (χ1v) is 12.0. The maximum Gasteiger partial charge on any atom is 0.407 e. The molecule has 1 aromatic carbocycles. The second-order valence-electron chi connectivity index (χ2n) is 9.46. The summed E-state index contributed by atoms with van der Waals surface area (Å²) < 4.78 is 0. The predicted octanol–water partition coefficient (Wildman–Crippen LogP) is 5.30. The number of rotatable bonds is 3. The van der Waals surface area contributed by atoms with Crippen molar-refractivity contribution in [1.29, 1.82) is 0 Å². The molecule has 6 rings (SSSR count). The molecule has 0 aliphatic carbocycles. The maximum absolute atomic E-state index is 13.1. The number of carboxylic acid groups (broad SMARTS) is 1. The normalized spacial score (nSPS) is 17.0. The van der Waals surface area contributed by atoms with Crippen molar-refractivity contribution < 1.29 is 14.7 Å². The molecule has 0 saturated carbocycles. The smallest absolute Gasteiger partial charge is 0.407 e. The van der Waals surface area contributed by atoms with E-state index < -0.39 is 6.09 Å². The Morgan fingerprint density at radius 2 is 2.06 bits per heavy atom. The minimum absolute atomic E-state index is 0.209. The first-order valence-electron chi connectivity index (χ1n) is 12.0. The lowest BCUT2D eigenvalue weighted by Gasteiger charge is -2.25. The van der Waals surface area contributed by atoms with Gasteiger partial charge in [0, 0.05) is 49.2 Å². The number of nitrogens with one attached hydrogen (secondary N) is 2. The van der Waals surface area contributed by atoms with E-state index in [9.17, 15) is 14.7 Å². The van der Waals surface area contributed by atoms with Gasteiger partial charge in [0.2, 0.25) is 0 Å². The molecule has 9 nitrogen and oxygen atoms in total. The Morgan fingerprint density at radius 1 is 1.17 bits per heavy atom. The quantitative estimate of drug-likeness (QED) is 0.367. The standard InChI is InChI=1S/C27H26N6O3/c1-16-11-29-25-21(16)10-18(12-30-25)17-8-19-14-32(26(34)31-20-4-2-6-28-13-20)15-23(19)22(9-17)24-5-3-7-33(24)27(35)36/h2,4,6,8-13,24H,3,5,7,14-15H2,1H3,(H,29,30)(H,31,34)(H,35,36)/t24-/m0/s1. The molecule has 0 radical (unpaired) electrons. The van der Waals surface area contributed by atoms with Crippen LogP contribution < -0.4 is 5.32 Å². The summed E-state index contributed by atoms with van der Waals surface area (Å²) in [4.78, 5) is 40.2. The molecular formula is C27H26N6O3. The molecule has 9 heteroatoms. The van der Waals surface area contributed by atoms with Gasteiger partial charge in [0.15, 0.2) is 0 Å². The van der Waals surface area contributed by atoms with Crippen LogP contribution in [0.25, 0.3) is 22.2 Å². The Kier molecular flexibility index (Phi) is 5.32. The summed E-state index contributed by atoms with van der Waals surface area (Å²) in [5.74, 6) is 0. The van der Waals surface area contributed by atoms with Crippen molar-refractivity contribution in [1.82, 2.24) is 24.8 Å². The van der Waals surface area contributed by atoms with Crippen molar-refractivity contribution in [2.75, 3.05) is 11.9 Å². The van der Waals surface area contributed by atoms with Crippen molar-refractivity contribution in [3.8, 4) is 11.1 Å². The van der Waals surface area contributed by atoms with Crippen LogP contribution in [0.2, 0.25) is 0 Å². The van der Waals surface area contributed by atoms with E-state index in [2.05, 4.69) is 38.5 Å². The Labute approximate surface area is 207 Å². The van der Waals surface area contributed by atoms with Gasteiger partial charge in [0.1, 0.15) is 5.65 Å². The molecule has 0 spiro atoms. The molecule has 4 aromatic rings. The van der Waals surface area contributed by atoms with Gasteiger partial charge in [-0.2, -0.15) is 0 Å². The van der Waals surface area contributed by atoms with Crippen LogP contribution in [0.15, 0.2) is 55.1 Å². The minimum Gasteiger partial charge on any atom is -0.465 e. The highest BCUT2D eigenvalue weighted by Gasteiger charge is 2.35. The van der Waals surface area contributed by atoms with Crippen LogP contribution in [0.4, 0.5) is 15.3 Å². The fourth-order valence-corrected chi connectivity index (χ4v) is 5.40. The fourth-order valence-electron chi connectivity index (χ4n) is 5.40. The topological polar surface area (TPSA) is 114 Å². The second kappa shape index (κ2) is 8.67. The number of aromatic amines is 1. The number of carbonyl (C=O) groups is 2. The lowest BCUT2D eigenvalue weighted by molar-refractivity contribution is 0.140. The maximum atomic E-state index is 13.1. The van der Waals surface area contributed by atoms with Gasteiger partial charge in [0.25, 0.3) is 0 Å². The first kappa shape index (κ1) is 22.1. The summed E-state index contributed by atoms with van der Waals surface area (Å²) in [6, 6.07) is 9.45. The van der Waals surface area contributed by atoms with E-state index in [-0.39, 0.29) is 12.1 Å². The van der Waals surface area contributed by atoms with Crippen molar-refractivity contribution >= 4 is 28.8 Å². The zero-order chi connectivity index (χ0) is 24.8. The molecule has 5 heterocycles. The van der Waals surface area contributed by atoms with Crippen LogP contribution in [0.3, 0.4) is 0 Å². The number of carbonyl (C=O) groups excluding carboxylic acids is 1. The Bertz CT molecular complexity index is 1480. The van der Waals surface area contributed by atoms with E-state index in [1.54, 1.807) is 29.4 Å². The molecule has 3 amide bonds. The monoisotopic (exact) mass is 482 g/mol. The van der Waals surface area contributed by atoms with E-state index in [1.165, 1.54) is 4.90 Å². The third kappa shape index (κ3) is 3.82. The number of H-pyrrole nitrogens is 1. The van der Waals surface area contributed by atoms with Crippen molar-refractivity contribution in [3.63, 3.8) is 0 Å². The number of likely N-dealkylation sites (tertiary alicyclic amines) is 1. The van der Waals surface area contributed by atoms with Crippen molar-refractivity contribution in [2.45, 2.75) is 38.9 Å². The summed E-state index contributed by atoms with van der Waals surface area (Å²) in [5, 5.41) is 13.8. The zero-order valence-corrected chi connectivity index (χ0v) is 19.9. The van der Waals surface area contributed by atoms with E-state index in [0.29, 0.717) is 25.3 Å². The van der Waals surface area contributed by atoms with Gasteiger partial charge >= 0.3 is 12.1 Å². The highest BCUT2D eigenvalue weighted by Crippen LogP contribution is 2.41. The van der Waals surface area contributed by atoms with Crippen LogP contribution in [-0.4, -0.2) is 48.5 Å². The van der Waals surface area contributed by atoms with Gasteiger partial charge in [0.05, 0.1) is 17.9 Å². The number of nitrogens with zero attached hydrogens (tertiary/aromatic N) is 4. The second-order valence-corrected chi connectivity index (χ2v) is 9.46. The molecule has 3 aromatic heterocycles. The molecule has 3 N–H and O–H groups in total. The van der Waals surface area contributed by atoms with Crippen LogP contribution >= 0.6 is 0 Å². The van der Waals surface area contributed by atoms with Crippen LogP contribution in [-0.2, 0) is 13.1 Å². The Morgan fingerprint density at radius 3 is 2.86 bits per heavy atom. The number of pyridine rings is 2. The third-order valence-corrected chi connectivity index (χ3v) is 7.22. The molecule has 0 unspecified atom stereocenters. The zero-order valence-electron chi connectivity index (χ0n) is 19.9. The van der Waals surface area contributed by atoms with Gasteiger partial charge in [-0.05, 0) is 77.9 Å². The lowest BCUT2D eigenvalue weighted by Crippen LogP contribution is -2.31.